The van der Waals surface area contributed by atoms with E-state index in [0.717, 1.165) is 6.26 Å². The highest BCUT2D eigenvalue weighted by Gasteiger charge is 2.10. The van der Waals surface area contributed by atoms with Gasteiger partial charge >= 0.3 is 0 Å². The van der Waals surface area contributed by atoms with Gasteiger partial charge in [-0.05, 0) is 0 Å². The highest BCUT2D eigenvalue weighted by Crippen LogP contribution is 2.05. The molecule has 0 spiro atoms. The van der Waals surface area contributed by atoms with Crippen molar-refractivity contribution < 1.29 is 13.6 Å². The summed E-state index contributed by atoms with van der Waals surface area (Å²) in [6, 6.07) is 0. The van der Waals surface area contributed by atoms with Crippen LogP contribution in [0.1, 0.15) is 0 Å². The summed E-state index contributed by atoms with van der Waals surface area (Å²) in [4.78, 5) is 0.100. The number of hydrogen-bond acceptors (Lipinski definition) is 5. The van der Waals surface area contributed by atoms with Crippen LogP contribution in [0, 0.1) is 0 Å². The molecule has 3 N–H and O–H groups in total. The lowest BCUT2D eigenvalue weighted by molar-refractivity contribution is 0.316. The monoisotopic (exact) mass is 218 g/mol. The Bertz CT molecular complexity index is 447. The Hall–Kier alpha value is -1.57. The number of oxime groups is 1. The molecule has 1 aromatic heterocycles. The van der Waals surface area contributed by atoms with Gasteiger partial charge in [-0.25, -0.2) is 8.42 Å². The van der Waals surface area contributed by atoms with E-state index < -0.39 is 9.84 Å². The van der Waals surface area contributed by atoms with E-state index in [9.17, 15) is 8.42 Å². The van der Waals surface area contributed by atoms with Crippen molar-refractivity contribution in [2.75, 3.05) is 6.26 Å². The minimum Gasteiger partial charge on any atom is -0.409 e. The SMILES string of the molecule is CS(=O)(=O)c1cnn(C/C(N)=N/O)c1. The zero-order chi connectivity index (χ0) is 10.8. The molecule has 78 valence electrons. The first kappa shape index (κ1) is 10.5. The first-order valence-electron chi connectivity index (χ1n) is 3.62. The summed E-state index contributed by atoms with van der Waals surface area (Å²) >= 11 is 0. The van der Waals surface area contributed by atoms with E-state index in [1.807, 2.05) is 0 Å². The van der Waals surface area contributed by atoms with Gasteiger partial charge in [0.25, 0.3) is 0 Å². The highest BCUT2D eigenvalue weighted by molar-refractivity contribution is 7.90. The van der Waals surface area contributed by atoms with Gasteiger partial charge in [0, 0.05) is 12.5 Å². The van der Waals surface area contributed by atoms with Crippen LogP contribution in [0.15, 0.2) is 22.4 Å². The maximum absolute atomic E-state index is 11.0. The zero-order valence-electron chi connectivity index (χ0n) is 7.45. The first-order valence-corrected chi connectivity index (χ1v) is 5.51. The van der Waals surface area contributed by atoms with Crippen molar-refractivity contribution in [2.45, 2.75) is 11.4 Å². The van der Waals surface area contributed by atoms with E-state index >= 15 is 0 Å². The third kappa shape index (κ3) is 2.46. The van der Waals surface area contributed by atoms with Gasteiger partial charge in [0.15, 0.2) is 15.7 Å². The van der Waals surface area contributed by atoms with Gasteiger partial charge < -0.3 is 10.9 Å². The molecule has 0 aliphatic heterocycles. The number of nitrogens with zero attached hydrogens (tertiary/aromatic N) is 3. The minimum atomic E-state index is -3.25. The number of aromatic nitrogens is 2. The normalized spacial score (nSPS) is 13.1. The van der Waals surface area contributed by atoms with E-state index in [4.69, 9.17) is 10.9 Å². The van der Waals surface area contributed by atoms with E-state index in [-0.39, 0.29) is 17.3 Å². The maximum atomic E-state index is 11.0. The van der Waals surface area contributed by atoms with Gasteiger partial charge in [0.2, 0.25) is 0 Å². The van der Waals surface area contributed by atoms with Crippen molar-refractivity contribution in [3.8, 4) is 0 Å². The largest absolute Gasteiger partial charge is 0.409 e. The van der Waals surface area contributed by atoms with E-state index in [1.54, 1.807) is 0 Å². The fourth-order valence-corrected chi connectivity index (χ4v) is 1.37. The smallest absolute Gasteiger partial charge is 0.178 e. The van der Waals surface area contributed by atoms with Gasteiger partial charge in [-0.1, -0.05) is 5.16 Å². The third-order valence-electron chi connectivity index (χ3n) is 1.49. The molecule has 0 bridgehead atoms. The molecule has 0 saturated heterocycles. The van der Waals surface area contributed by atoms with Crippen molar-refractivity contribution in [3.63, 3.8) is 0 Å². The quantitative estimate of drug-likeness (QED) is 0.293. The summed E-state index contributed by atoms with van der Waals surface area (Å²) in [5, 5.41) is 14.7. The third-order valence-corrected chi connectivity index (χ3v) is 2.56. The summed E-state index contributed by atoms with van der Waals surface area (Å²) in [7, 11) is -3.25. The van der Waals surface area contributed by atoms with Crippen LogP contribution >= 0.6 is 0 Å². The van der Waals surface area contributed by atoms with Crippen LogP contribution in [0.5, 0.6) is 0 Å². The topological polar surface area (TPSA) is 111 Å². The van der Waals surface area contributed by atoms with Gasteiger partial charge in [-0.2, -0.15) is 5.10 Å². The Kier molecular flexibility index (Phi) is 2.75. The second-order valence-corrected chi connectivity index (χ2v) is 4.75. The van der Waals surface area contributed by atoms with Crippen molar-refractivity contribution >= 4 is 15.7 Å². The molecule has 0 aliphatic carbocycles. The van der Waals surface area contributed by atoms with E-state index in [1.165, 1.54) is 17.1 Å². The Morgan fingerprint density at radius 1 is 1.79 bits per heavy atom. The Morgan fingerprint density at radius 2 is 2.43 bits per heavy atom. The number of nitrogens with two attached hydrogens (primary N) is 1. The van der Waals surface area contributed by atoms with Crippen LogP contribution in [0.25, 0.3) is 0 Å². The Morgan fingerprint density at radius 3 is 2.86 bits per heavy atom. The second kappa shape index (κ2) is 3.66. The lowest BCUT2D eigenvalue weighted by Gasteiger charge is -1.97. The molecule has 0 unspecified atom stereocenters. The van der Waals surface area contributed by atoms with Gasteiger partial charge in [0.05, 0.1) is 6.20 Å². The molecular formula is C6H10N4O3S. The van der Waals surface area contributed by atoms with Crippen molar-refractivity contribution in [1.82, 2.24) is 9.78 Å². The molecule has 8 heteroatoms. The molecule has 0 aromatic carbocycles. The molecule has 0 aliphatic rings. The average Bonchev–Trinajstić information content (AvgIpc) is 2.51. The zero-order valence-corrected chi connectivity index (χ0v) is 8.27. The van der Waals surface area contributed by atoms with Crippen molar-refractivity contribution in [3.05, 3.63) is 12.4 Å². The van der Waals surface area contributed by atoms with Crippen molar-refractivity contribution in [2.24, 2.45) is 10.9 Å². The van der Waals surface area contributed by atoms with Crippen LogP contribution in [-0.2, 0) is 16.4 Å². The standard InChI is InChI=1S/C6H10N4O3S/c1-14(12,13)5-2-8-10(3-5)4-6(7)9-11/h2-3,11H,4H2,1H3,(H2,7,9). The molecule has 0 amide bonds. The number of amidine groups is 1. The summed E-state index contributed by atoms with van der Waals surface area (Å²) in [6.45, 7) is 0.0476. The maximum Gasteiger partial charge on any atom is 0.178 e. The average molecular weight is 218 g/mol. The molecule has 1 rings (SSSR count). The highest BCUT2D eigenvalue weighted by atomic mass is 32.2. The molecule has 1 heterocycles. The van der Waals surface area contributed by atoms with Crippen LogP contribution in [-0.4, -0.2) is 35.5 Å². The fourth-order valence-electron chi connectivity index (χ4n) is 0.820. The fraction of sp³-hybridized carbons (Fsp3) is 0.333. The Balaban J connectivity index is 2.90. The number of sulfone groups is 1. The van der Waals surface area contributed by atoms with Crippen LogP contribution < -0.4 is 5.73 Å². The predicted molar refractivity (Wildman–Crippen MR) is 48.7 cm³/mol. The molecule has 0 fully saturated rings. The molecular weight excluding hydrogens is 208 g/mol. The summed E-state index contributed by atoms with van der Waals surface area (Å²) in [5.74, 6) is -0.0480. The number of hydrogen-bond donors (Lipinski definition) is 2. The summed E-state index contributed by atoms with van der Waals surface area (Å²) in [6.07, 6.45) is 3.60. The number of rotatable bonds is 3. The van der Waals surface area contributed by atoms with E-state index in [2.05, 4.69) is 10.3 Å². The van der Waals surface area contributed by atoms with Crippen molar-refractivity contribution in [1.29, 1.82) is 0 Å². The molecule has 0 saturated carbocycles. The lowest BCUT2D eigenvalue weighted by Crippen LogP contribution is -2.19. The minimum absolute atomic E-state index is 0.0476. The predicted octanol–water partition coefficient (Wildman–Crippen LogP) is -0.967. The van der Waals surface area contributed by atoms with Gasteiger partial charge in [-0.15, -0.1) is 0 Å². The summed E-state index contributed by atoms with van der Waals surface area (Å²) < 4.78 is 23.3. The first-order chi connectivity index (χ1) is 6.43. The van der Waals surface area contributed by atoms with E-state index in [0.29, 0.717) is 0 Å². The van der Waals surface area contributed by atoms with Crippen LogP contribution in [0.2, 0.25) is 0 Å². The molecule has 0 radical (unpaired) electrons. The molecule has 1 aromatic rings. The van der Waals surface area contributed by atoms with Gasteiger partial charge in [-0.3, -0.25) is 4.68 Å². The summed E-state index contributed by atoms with van der Waals surface area (Å²) in [5.41, 5.74) is 5.21. The molecule has 0 atom stereocenters. The van der Waals surface area contributed by atoms with Gasteiger partial charge in [0.1, 0.15) is 11.4 Å². The molecule has 7 nitrogen and oxygen atoms in total. The van der Waals surface area contributed by atoms with Crippen LogP contribution in [0.4, 0.5) is 0 Å². The van der Waals surface area contributed by atoms with Crippen LogP contribution in [0.3, 0.4) is 0 Å². The Labute approximate surface area is 80.7 Å². The second-order valence-electron chi connectivity index (χ2n) is 2.74. The molecule has 14 heavy (non-hydrogen) atoms. The lowest BCUT2D eigenvalue weighted by atomic mass is 10.6.